The third-order valence-corrected chi connectivity index (χ3v) is 1.72. The molecule has 0 fully saturated rings. The van der Waals surface area contributed by atoms with Gasteiger partial charge in [0, 0.05) is 0 Å². The summed E-state index contributed by atoms with van der Waals surface area (Å²) in [6, 6.07) is 7.59. The Balaban J connectivity index is 2.76. The quantitative estimate of drug-likeness (QED) is 0.778. The highest BCUT2D eigenvalue weighted by Gasteiger charge is 2.12. The van der Waals surface area contributed by atoms with Gasteiger partial charge in [0.05, 0.1) is 11.8 Å². The highest BCUT2D eigenvalue weighted by molar-refractivity contribution is 5.93. The maximum Gasteiger partial charge on any atom is 0.241 e. The molecule has 1 aromatic rings. The van der Waals surface area contributed by atoms with Crippen LogP contribution in [-0.4, -0.2) is 5.91 Å². The van der Waals surface area contributed by atoms with Crippen LogP contribution in [0.1, 0.15) is 6.92 Å². The van der Waals surface area contributed by atoms with Crippen molar-refractivity contribution in [3.8, 4) is 6.07 Å². The fourth-order valence-electron chi connectivity index (χ4n) is 0.862. The second-order valence-electron chi connectivity index (χ2n) is 2.82. The second kappa shape index (κ2) is 4.38. The number of rotatable bonds is 2. The van der Waals surface area contributed by atoms with Crippen LogP contribution in [-0.2, 0) is 4.79 Å². The van der Waals surface area contributed by atoms with E-state index in [4.69, 9.17) is 5.26 Å². The Morgan fingerprint density at radius 2 is 2.21 bits per heavy atom. The maximum atomic E-state index is 13.0. The van der Waals surface area contributed by atoms with Gasteiger partial charge in [0.1, 0.15) is 11.7 Å². The SMILES string of the molecule is CC(C#N)C(=O)Nc1ccccc1F. The Morgan fingerprint density at radius 1 is 1.57 bits per heavy atom. The van der Waals surface area contributed by atoms with E-state index in [1.165, 1.54) is 25.1 Å². The van der Waals surface area contributed by atoms with Crippen molar-refractivity contribution in [3.05, 3.63) is 30.1 Å². The zero-order chi connectivity index (χ0) is 10.6. The Morgan fingerprint density at radius 3 is 2.79 bits per heavy atom. The van der Waals surface area contributed by atoms with E-state index in [9.17, 15) is 9.18 Å². The van der Waals surface area contributed by atoms with Crippen LogP contribution in [0.2, 0.25) is 0 Å². The van der Waals surface area contributed by atoms with Crippen LogP contribution in [0.4, 0.5) is 10.1 Å². The number of benzene rings is 1. The van der Waals surface area contributed by atoms with E-state index in [0.29, 0.717) is 0 Å². The summed E-state index contributed by atoms with van der Waals surface area (Å²) < 4.78 is 13.0. The number of hydrogen-bond acceptors (Lipinski definition) is 2. The largest absolute Gasteiger partial charge is 0.322 e. The number of anilines is 1. The molecule has 0 bridgehead atoms. The first-order valence-electron chi connectivity index (χ1n) is 4.10. The Bertz CT molecular complexity index is 384. The zero-order valence-corrected chi connectivity index (χ0v) is 7.62. The van der Waals surface area contributed by atoms with E-state index in [-0.39, 0.29) is 5.69 Å². The molecule has 4 heteroatoms. The van der Waals surface area contributed by atoms with E-state index in [1.807, 2.05) is 0 Å². The van der Waals surface area contributed by atoms with Gasteiger partial charge in [-0.15, -0.1) is 0 Å². The van der Waals surface area contributed by atoms with Gasteiger partial charge in [0.2, 0.25) is 5.91 Å². The fourth-order valence-corrected chi connectivity index (χ4v) is 0.862. The van der Waals surface area contributed by atoms with Gasteiger partial charge in [-0.3, -0.25) is 4.79 Å². The molecule has 0 saturated carbocycles. The number of nitrogens with zero attached hydrogens (tertiary/aromatic N) is 1. The molecule has 0 aliphatic heterocycles. The van der Waals surface area contributed by atoms with Crippen molar-refractivity contribution >= 4 is 11.6 Å². The normalized spacial score (nSPS) is 11.5. The highest BCUT2D eigenvalue weighted by Crippen LogP contribution is 2.13. The molecular formula is C10H9FN2O. The minimum Gasteiger partial charge on any atom is -0.322 e. The number of para-hydroxylation sites is 1. The number of carbonyl (C=O) groups is 1. The molecule has 0 radical (unpaired) electrons. The van der Waals surface area contributed by atoms with Crippen molar-refractivity contribution in [1.82, 2.24) is 0 Å². The molecule has 72 valence electrons. The summed E-state index contributed by atoms with van der Waals surface area (Å²) in [4.78, 5) is 11.2. The fraction of sp³-hybridized carbons (Fsp3) is 0.200. The first-order valence-corrected chi connectivity index (χ1v) is 4.10. The van der Waals surface area contributed by atoms with Gasteiger partial charge in [-0.1, -0.05) is 12.1 Å². The smallest absolute Gasteiger partial charge is 0.241 e. The molecular weight excluding hydrogens is 183 g/mol. The van der Waals surface area contributed by atoms with Crippen molar-refractivity contribution in [2.75, 3.05) is 5.32 Å². The van der Waals surface area contributed by atoms with Gasteiger partial charge >= 0.3 is 0 Å². The molecule has 1 unspecified atom stereocenters. The summed E-state index contributed by atoms with van der Waals surface area (Å²) in [5.74, 6) is -1.79. The van der Waals surface area contributed by atoms with E-state index >= 15 is 0 Å². The summed E-state index contributed by atoms with van der Waals surface area (Å²) in [6.07, 6.45) is 0. The molecule has 0 aliphatic carbocycles. The zero-order valence-electron chi connectivity index (χ0n) is 7.62. The Hall–Kier alpha value is -1.89. The molecule has 3 nitrogen and oxygen atoms in total. The third kappa shape index (κ3) is 2.30. The molecule has 1 amide bonds. The summed E-state index contributed by atoms with van der Waals surface area (Å²) in [7, 11) is 0. The van der Waals surface area contributed by atoms with Gasteiger partial charge in [0.25, 0.3) is 0 Å². The summed E-state index contributed by atoms with van der Waals surface area (Å²) in [6.45, 7) is 1.45. The molecule has 1 rings (SSSR count). The van der Waals surface area contributed by atoms with Crippen molar-refractivity contribution in [2.24, 2.45) is 5.92 Å². The standard InChI is InChI=1S/C10H9FN2O/c1-7(6-12)10(14)13-9-5-3-2-4-8(9)11/h2-5,7H,1H3,(H,13,14). The topological polar surface area (TPSA) is 52.9 Å². The van der Waals surface area contributed by atoms with E-state index in [0.717, 1.165) is 0 Å². The van der Waals surface area contributed by atoms with E-state index in [2.05, 4.69) is 5.32 Å². The second-order valence-corrected chi connectivity index (χ2v) is 2.82. The molecule has 1 atom stereocenters. The van der Waals surface area contributed by atoms with E-state index < -0.39 is 17.6 Å². The molecule has 1 N–H and O–H groups in total. The first-order chi connectivity index (χ1) is 6.65. The number of carbonyl (C=O) groups excluding carboxylic acids is 1. The van der Waals surface area contributed by atoms with Gasteiger partial charge in [0.15, 0.2) is 0 Å². The Kier molecular flexibility index (Phi) is 3.19. The molecule has 14 heavy (non-hydrogen) atoms. The lowest BCUT2D eigenvalue weighted by molar-refractivity contribution is -0.117. The minimum absolute atomic E-state index is 0.0969. The molecule has 0 spiro atoms. The predicted molar refractivity (Wildman–Crippen MR) is 49.8 cm³/mol. The number of nitrogens with one attached hydrogen (secondary N) is 1. The van der Waals surface area contributed by atoms with Crippen molar-refractivity contribution in [2.45, 2.75) is 6.92 Å². The molecule has 0 aliphatic rings. The third-order valence-electron chi connectivity index (χ3n) is 1.72. The lowest BCUT2D eigenvalue weighted by Crippen LogP contribution is -2.19. The van der Waals surface area contributed by atoms with Crippen LogP contribution >= 0.6 is 0 Å². The summed E-state index contributed by atoms with van der Waals surface area (Å²) in [5.41, 5.74) is 0.0969. The van der Waals surface area contributed by atoms with Crippen LogP contribution < -0.4 is 5.32 Å². The number of hydrogen-bond donors (Lipinski definition) is 1. The van der Waals surface area contributed by atoms with Crippen LogP contribution in [0.25, 0.3) is 0 Å². The number of amides is 1. The molecule has 0 aromatic heterocycles. The summed E-state index contributed by atoms with van der Waals surface area (Å²) in [5, 5.41) is 10.8. The van der Waals surface area contributed by atoms with Gasteiger partial charge in [-0.25, -0.2) is 4.39 Å². The Labute approximate surface area is 81.2 Å². The van der Waals surface area contributed by atoms with Crippen molar-refractivity contribution in [3.63, 3.8) is 0 Å². The van der Waals surface area contributed by atoms with Crippen LogP contribution in [0.3, 0.4) is 0 Å². The van der Waals surface area contributed by atoms with Crippen LogP contribution in [0.15, 0.2) is 24.3 Å². The molecule has 0 saturated heterocycles. The van der Waals surface area contributed by atoms with Crippen molar-refractivity contribution in [1.29, 1.82) is 5.26 Å². The summed E-state index contributed by atoms with van der Waals surface area (Å²) >= 11 is 0. The van der Waals surface area contributed by atoms with E-state index in [1.54, 1.807) is 12.1 Å². The molecule has 0 heterocycles. The van der Waals surface area contributed by atoms with Crippen LogP contribution in [0, 0.1) is 23.1 Å². The minimum atomic E-state index is -0.783. The van der Waals surface area contributed by atoms with Gasteiger partial charge < -0.3 is 5.32 Å². The predicted octanol–water partition coefficient (Wildman–Crippen LogP) is 1.92. The monoisotopic (exact) mass is 192 g/mol. The average Bonchev–Trinajstić information content (AvgIpc) is 2.20. The lowest BCUT2D eigenvalue weighted by Gasteiger charge is -2.06. The maximum absolute atomic E-state index is 13.0. The highest BCUT2D eigenvalue weighted by atomic mass is 19.1. The van der Waals surface area contributed by atoms with Gasteiger partial charge in [-0.05, 0) is 19.1 Å². The first kappa shape index (κ1) is 10.2. The molecule has 1 aromatic carbocycles. The van der Waals surface area contributed by atoms with Crippen molar-refractivity contribution < 1.29 is 9.18 Å². The average molecular weight is 192 g/mol. The van der Waals surface area contributed by atoms with Gasteiger partial charge in [-0.2, -0.15) is 5.26 Å². The van der Waals surface area contributed by atoms with Crippen LogP contribution in [0.5, 0.6) is 0 Å². The lowest BCUT2D eigenvalue weighted by atomic mass is 10.2. The number of halogens is 1. The number of nitriles is 1.